The Bertz CT molecular complexity index is 1230. The van der Waals surface area contributed by atoms with E-state index < -0.39 is 15.9 Å². The molecule has 0 aliphatic rings. The Balaban J connectivity index is 1.76. The molecule has 3 rings (SSSR count). The minimum absolute atomic E-state index is 0.0332. The van der Waals surface area contributed by atoms with Gasteiger partial charge < -0.3 is 10.1 Å². The first-order chi connectivity index (χ1) is 15.2. The number of ether oxygens (including phenoxy) is 1. The van der Waals surface area contributed by atoms with Crippen LogP contribution in [0.4, 0.5) is 5.69 Å². The van der Waals surface area contributed by atoms with E-state index in [2.05, 4.69) is 10.0 Å². The van der Waals surface area contributed by atoms with E-state index in [1.165, 1.54) is 18.2 Å². The molecule has 0 unspecified atom stereocenters. The summed E-state index contributed by atoms with van der Waals surface area (Å²) in [5, 5.41) is 2.83. The standard InChI is InChI=1S/C24H25ClN2O4S/c1-4-31-20-10-7-18(8-11-20)15-26-24(28)19-9-12-21(25)23(14-19)32(29,30)27-22-13-16(2)5-6-17(22)3/h5-14,27H,4,15H2,1-3H3,(H,26,28). The lowest BCUT2D eigenvalue weighted by Gasteiger charge is -2.13. The lowest BCUT2D eigenvalue weighted by atomic mass is 10.1. The smallest absolute Gasteiger partial charge is 0.263 e. The highest BCUT2D eigenvalue weighted by Crippen LogP contribution is 2.27. The van der Waals surface area contributed by atoms with Gasteiger partial charge in [0.15, 0.2) is 0 Å². The van der Waals surface area contributed by atoms with Crippen LogP contribution >= 0.6 is 11.6 Å². The van der Waals surface area contributed by atoms with Crippen LogP contribution in [0.25, 0.3) is 0 Å². The van der Waals surface area contributed by atoms with Crippen molar-refractivity contribution < 1.29 is 17.9 Å². The zero-order chi connectivity index (χ0) is 23.3. The summed E-state index contributed by atoms with van der Waals surface area (Å²) in [6.07, 6.45) is 0. The lowest BCUT2D eigenvalue weighted by Crippen LogP contribution is -2.23. The summed E-state index contributed by atoms with van der Waals surface area (Å²) in [7, 11) is -3.99. The Morgan fingerprint density at radius 3 is 2.41 bits per heavy atom. The lowest BCUT2D eigenvalue weighted by molar-refractivity contribution is 0.0950. The largest absolute Gasteiger partial charge is 0.494 e. The van der Waals surface area contributed by atoms with E-state index in [-0.39, 0.29) is 22.0 Å². The molecule has 0 fully saturated rings. The molecule has 32 heavy (non-hydrogen) atoms. The minimum Gasteiger partial charge on any atom is -0.494 e. The van der Waals surface area contributed by atoms with Crippen molar-refractivity contribution in [3.8, 4) is 5.75 Å². The van der Waals surface area contributed by atoms with Gasteiger partial charge in [0.25, 0.3) is 15.9 Å². The Morgan fingerprint density at radius 2 is 1.72 bits per heavy atom. The monoisotopic (exact) mass is 472 g/mol. The van der Waals surface area contributed by atoms with E-state index in [0.29, 0.717) is 12.3 Å². The van der Waals surface area contributed by atoms with Crippen molar-refractivity contribution in [2.75, 3.05) is 11.3 Å². The van der Waals surface area contributed by atoms with Crippen LogP contribution in [0.2, 0.25) is 5.02 Å². The minimum atomic E-state index is -3.99. The number of anilines is 1. The number of halogens is 1. The van der Waals surface area contributed by atoms with Crippen LogP contribution in [-0.2, 0) is 16.6 Å². The number of amides is 1. The number of hydrogen-bond acceptors (Lipinski definition) is 4. The van der Waals surface area contributed by atoms with Gasteiger partial charge in [-0.05, 0) is 73.9 Å². The van der Waals surface area contributed by atoms with Gasteiger partial charge in [-0.15, -0.1) is 0 Å². The first-order valence-electron chi connectivity index (χ1n) is 10.1. The molecule has 3 aromatic rings. The third-order valence-electron chi connectivity index (χ3n) is 4.81. The van der Waals surface area contributed by atoms with Crippen molar-refractivity contribution in [2.45, 2.75) is 32.2 Å². The van der Waals surface area contributed by atoms with Gasteiger partial charge in [0.1, 0.15) is 10.6 Å². The van der Waals surface area contributed by atoms with E-state index in [9.17, 15) is 13.2 Å². The Labute approximate surface area is 193 Å². The average molecular weight is 473 g/mol. The van der Waals surface area contributed by atoms with Crippen LogP contribution in [-0.4, -0.2) is 20.9 Å². The molecule has 0 heterocycles. The summed E-state index contributed by atoms with van der Waals surface area (Å²) < 4.78 is 33.9. The van der Waals surface area contributed by atoms with Crippen LogP contribution < -0.4 is 14.8 Å². The molecule has 0 spiro atoms. The quantitative estimate of drug-likeness (QED) is 0.478. The van der Waals surface area contributed by atoms with E-state index in [1.807, 2.05) is 57.2 Å². The molecule has 0 bridgehead atoms. The van der Waals surface area contributed by atoms with Gasteiger partial charge in [-0.1, -0.05) is 35.9 Å². The first-order valence-corrected chi connectivity index (χ1v) is 12.0. The molecule has 0 aromatic heterocycles. The molecule has 0 aliphatic heterocycles. The van der Waals surface area contributed by atoms with E-state index >= 15 is 0 Å². The number of sulfonamides is 1. The normalized spacial score (nSPS) is 11.1. The maximum Gasteiger partial charge on any atom is 0.263 e. The molecule has 0 saturated carbocycles. The fourth-order valence-electron chi connectivity index (χ4n) is 3.05. The Kier molecular flexibility index (Phi) is 7.43. The topological polar surface area (TPSA) is 84.5 Å². The van der Waals surface area contributed by atoms with Gasteiger partial charge in [0.05, 0.1) is 17.3 Å². The highest BCUT2D eigenvalue weighted by molar-refractivity contribution is 7.92. The van der Waals surface area contributed by atoms with Crippen molar-refractivity contribution in [1.82, 2.24) is 5.32 Å². The third-order valence-corrected chi connectivity index (χ3v) is 6.65. The highest BCUT2D eigenvalue weighted by atomic mass is 35.5. The van der Waals surface area contributed by atoms with E-state index in [0.717, 1.165) is 22.4 Å². The fraction of sp³-hybridized carbons (Fsp3) is 0.208. The maximum absolute atomic E-state index is 13.0. The predicted octanol–water partition coefficient (Wildman–Crippen LogP) is 5.09. The van der Waals surface area contributed by atoms with Crippen molar-refractivity contribution in [3.63, 3.8) is 0 Å². The van der Waals surface area contributed by atoms with E-state index in [4.69, 9.17) is 16.3 Å². The molecule has 6 nitrogen and oxygen atoms in total. The molecule has 2 N–H and O–H groups in total. The van der Waals surface area contributed by atoms with Crippen molar-refractivity contribution in [2.24, 2.45) is 0 Å². The summed E-state index contributed by atoms with van der Waals surface area (Å²) in [5.74, 6) is 0.352. The van der Waals surface area contributed by atoms with Crippen LogP contribution in [0.3, 0.4) is 0 Å². The van der Waals surface area contributed by atoms with Crippen LogP contribution in [0, 0.1) is 13.8 Å². The maximum atomic E-state index is 13.0. The summed E-state index contributed by atoms with van der Waals surface area (Å²) in [6.45, 7) is 6.46. The van der Waals surface area contributed by atoms with Gasteiger partial charge in [-0.2, -0.15) is 0 Å². The number of carbonyl (C=O) groups is 1. The van der Waals surface area contributed by atoms with Crippen molar-refractivity contribution >= 4 is 33.2 Å². The SMILES string of the molecule is CCOc1ccc(CNC(=O)c2ccc(Cl)c(S(=O)(=O)Nc3cc(C)ccc3C)c2)cc1. The summed E-state index contributed by atoms with van der Waals surface area (Å²) in [5.41, 5.74) is 3.25. The molecular formula is C24H25ClN2O4S. The molecule has 0 saturated heterocycles. The molecule has 168 valence electrons. The number of carbonyl (C=O) groups excluding carboxylic acids is 1. The predicted molar refractivity (Wildman–Crippen MR) is 127 cm³/mol. The van der Waals surface area contributed by atoms with E-state index in [1.54, 1.807) is 6.07 Å². The second-order valence-electron chi connectivity index (χ2n) is 7.33. The number of hydrogen-bond donors (Lipinski definition) is 2. The van der Waals surface area contributed by atoms with Crippen molar-refractivity contribution in [1.29, 1.82) is 0 Å². The molecule has 8 heteroatoms. The number of nitrogens with one attached hydrogen (secondary N) is 2. The van der Waals surface area contributed by atoms with Gasteiger partial charge >= 0.3 is 0 Å². The summed E-state index contributed by atoms with van der Waals surface area (Å²) in [6, 6.07) is 17.0. The van der Waals surface area contributed by atoms with Gasteiger partial charge in [0, 0.05) is 12.1 Å². The molecular weight excluding hydrogens is 448 g/mol. The van der Waals surface area contributed by atoms with Crippen LogP contribution in [0.15, 0.2) is 65.6 Å². The average Bonchev–Trinajstić information content (AvgIpc) is 2.76. The molecule has 0 atom stereocenters. The molecule has 3 aromatic carbocycles. The zero-order valence-corrected chi connectivity index (χ0v) is 19.7. The van der Waals surface area contributed by atoms with Gasteiger partial charge in [0.2, 0.25) is 0 Å². The van der Waals surface area contributed by atoms with Gasteiger partial charge in [-0.3, -0.25) is 9.52 Å². The van der Waals surface area contributed by atoms with Crippen LogP contribution in [0.5, 0.6) is 5.75 Å². The third kappa shape index (κ3) is 5.81. The Hall–Kier alpha value is -3.03. The first kappa shape index (κ1) is 23.6. The zero-order valence-electron chi connectivity index (χ0n) is 18.1. The number of aryl methyl sites for hydroxylation is 2. The second kappa shape index (κ2) is 10.1. The van der Waals surface area contributed by atoms with Crippen molar-refractivity contribution in [3.05, 3.63) is 87.9 Å². The Morgan fingerprint density at radius 1 is 1.00 bits per heavy atom. The van der Waals surface area contributed by atoms with Crippen LogP contribution in [0.1, 0.15) is 34.0 Å². The van der Waals surface area contributed by atoms with Gasteiger partial charge in [-0.25, -0.2) is 8.42 Å². The fourth-order valence-corrected chi connectivity index (χ4v) is 4.70. The molecule has 1 amide bonds. The summed E-state index contributed by atoms with van der Waals surface area (Å²) in [4.78, 5) is 12.5. The molecule has 0 aliphatic carbocycles. The number of rotatable bonds is 8. The second-order valence-corrected chi connectivity index (χ2v) is 9.39. The highest BCUT2D eigenvalue weighted by Gasteiger charge is 2.21. The molecule has 0 radical (unpaired) electrons. The summed E-state index contributed by atoms with van der Waals surface area (Å²) >= 11 is 6.17. The number of benzene rings is 3.